The molecule has 1 atom stereocenters. The van der Waals surface area contributed by atoms with Crippen molar-refractivity contribution in [3.8, 4) is 0 Å². The molecule has 0 aliphatic carbocycles. The lowest BCUT2D eigenvalue weighted by Gasteiger charge is -2.18. The van der Waals surface area contributed by atoms with Crippen LogP contribution in [0.3, 0.4) is 0 Å². The van der Waals surface area contributed by atoms with E-state index in [1.165, 1.54) is 6.07 Å². The van der Waals surface area contributed by atoms with Crippen molar-refractivity contribution in [2.45, 2.75) is 26.4 Å². The van der Waals surface area contributed by atoms with Crippen molar-refractivity contribution in [2.24, 2.45) is 5.92 Å². The van der Waals surface area contributed by atoms with Crippen LogP contribution in [0.5, 0.6) is 0 Å². The number of rotatable bonds is 1. The van der Waals surface area contributed by atoms with Gasteiger partial charge in [0, 0.05) is 18.7 Å². The maximum Gasteiger partial charge on any atom is 0.416 e. The molecule has 1 aliphatic heterocycles. The molecule has 1 aromatic rings. The monoisotopic (exact) mass is 271 g/mol. The summed E-state index contributed by atoms with van der Waals surface area (Å²) in [7, 11) is 0. The molecular weight excluding hydrogens is 255 g/mol. The van der Waals surface area contributed by atoms with E-state index in [-0.39, 0.29) is 11.5 Å². The second-order valence-electron chi connectivity index (χ2n) is 5.17. The molecule has 0 aromatic heterocycles. The summed E-state index contributed by atoms with van der Waals surface area (Å²) in [5.41, 5.74) is -0.0322. The molecule has 1 fully saturated rings. The second-order valence-corrected chi connectivity index (χ2v) is 5.17. The van der Waals surface area contributed by atoms with E-state index in [1.54, 1.807) is 11.8 Å². The van der Waals surface area contributed by atoms with Crippen molar-refractivity contribution < 1.29 is 18.0 Å². The number of likely N-dealkylation sites (tertiary alicyclic amines) is 1. The fraction of sp³-hybridized carbons (Fsp3) is 0.500. The lowest BCUT2D eigenvalue weighted by Crippen LogP contribution is -2.29. The highest BCUT2D eigenvalue weighted by Crippen LogP contribution is 2.31. The fourth-order valence-electron chi connectivity index (χ4n) is 2.32. The van der Waals surface area contributed by atoms with Gasteiger partial charge in [-0.2, -0.15) is 13.2 Å². The number of carbonyl (C=O) groups is 1. The van der Waals surface area contributed by atoms with Crippen LogP contribution in [0.1, 0.15) is 34.8 Å². The zero-order chi connectivity index (χ0) is 14.2. The summed E-state index contributed by atoms with van der Waals surface area (Å²) in [5.74, 6) is 0.114. The molecule has 1 unspecified atom stereocenters. The normalized spacial score (nSPS) is 19.8. The lowest BCUT2D eigenvalue weighted by atomic mass is 10.0. The van der Waals surface area contributed by atoms with Crippen molar-refractivity contribution in [2.75, 3.05) is 13.1 Å². The van der Waals surface area contributed by atoms with Gasteiger partial charge in [-0.15, -0.1) is 0 Å². The van der Waals surface area contributed by atoms with Gasteiger partial charge >= 0.3 is 6.18 Å². The van der Waals surface area contributed by atoms with Gasteiger partial charge in [-0.3, -0.25) is 4.79 Å². The van der Waals surface area contributed by atoms with Crippen molar-refractivity contribution >= 4 is 5.91 Å². The van der Waals surface area contributed by atoms with Gasteiger partial charge in [0.05, 0.1) is 5.56 Å². The van der Waals surface area contributed by atoms with Crippen LogP contribution in [-0.4, -0.2) is 23.9 Å². The smallest absolute Gasteiger partial charge is 0.338 e. The van der Waals surface area contributed by atoms with Crippen LogP contribution < -0.4 is 0 Å². The molecule has 0 saturated carbocycles. The molecule has 0 N–H and O–H groups in total. The van der Waals surface area contributed by atoms with E-state index in [1.807, 2.05) is 6.92 Å². The first-order chi connectivity index (χ1) is 8.79. The van der Waals surface area contributed by atoms with Crippen LogP contribution in [0.15, 0.2) is 18.2 Å². The SMILES string of the molecule is Cc1ccc(C(F)(F)F)cc1C(=O)N1CCC(C)C1. The first-order valence-electron chi connectivity index (χ1n) is 6.26. The number of benzene rings is 1. The number of nitrogens with zero attached hydrogens (tertiary/aromatic N) is 1. The Bertz CT molecular complexity index is 496. The van der Waals surface area contributed by atoms with Gasteiger partial charge in [-0.1, -0.05) is 13.0 Å². The fourth-order valence-corrected chi connectivity index (χ4v) is 2.32. The summed E-state index contributed by atoms with van der Waals surface area (Å²) in [5, 5.41) is 0. The maximum absolute atomic E-state index is 12.7. The predicted molar refractivity (Wildman–Crippen MR) is 65.9 cm³/mol. The minimum absolute atomic E-state index is 0.156. The summed E-state index contributed by atoms with van der Waals surface area (Å²) >= 11 is 0. The Hall–Kier alpha value is -1.52. The largest absolute Gasteiger partial charge is 0.416 e. The average Bonchev–Trinajstić information content (AvgIpc) is 2.74. The molecule has 0 spiro atoms. The Balaban J connectivity index is 2.31. The Morgan fingerprint density at radius 2 is 2.05 bits per heavy atom. The van der Waals surface area contributed by atoms with Crippen molar-refractivity contribution in [1.29, 1.82) is 0 Å². The van der Waals surface area contributed by atoms with Crippen LogP contribution in [0, 0.1) is 12.8 Å². The molecule has 104 valence electrons. The first kappa shape index (κ1) is 13.9. The predicted octanol–water partition coefficient (Wildman–Crippen LogP) is 3.50. The molecule has 5 heteroatoms. The minimum Gasteiger partial charge on any atom is -0.338 e. The molecule has 1 saturated heterocycles. The van der Waals surface area contributed by atoms with Crippen LogP contribution >= 0.6 is 0 Å². The van der Waals surface area contributed by atoms with Crippen LogP contribution in [0.4, 0.5) is 13.2 Å². The quantitative estimate of drug-likeness (QED) is 0.765. The Labute approximate surface area is 110 Å². The van der Waals surface area contributed by atoms with Gasteiger partial charge in [0.1, 0.15) is 0 Å². The molecular formula is C14H16F3NO. The Morgan fingerprint density at radius 3 is 2.58 bits per heavy atom. The van der Waals surface area contributed by atoms with Crippen molar-refractivity contribution in [3.05, 3.63) is 34.9 Å². The van der Waals surface area contributed by atoms with E-state index in [0.717, 1.165) is 18.6 Å². The van der Waals surface area contributed by atoms with E-state index >= 15 is 0 Å². The van der Waals surface area contributed by atoms with E-state index in [2.05, 4.69) is 0 Å². The van der Waals surface area contributed by atoms with E-state index in [4.69, 9.17) is 0 Å². The average molecular weight is 271 g/mol. The van der Waals surface area contributed by atoms with Gasteiger partial charge in [-0.05, 0) is 37.0 Å². The number of hydrogen-bond donors (Lipinski definition) is 0. The zero-order valence-corrected chi connectivity index (χ0v) is 10.9. The van der Waals surface area contributed by atoms with Gasteiger partial charge in [0.2, 0.25) is 0 Å². The molecule has 1 aromatic carbocycles. The third kappa shape index (κ3) is 2.91. The van der Waals surface area contributed by atoms with Crippen LogP contribution in [-0.2, 0) is 6.18 Å². The van der Waals surface area contributed by atoms with Gasteiger partial charge < -0.3 is 4.90 Å². The standard InChI is InChI=1S/C14H16F3NO/c1-9-5-6-18(8-9)13(19)12-7-11(14(15,16)17)4-3-10(12)2/h3-4,7,9H,5-6,8H2,1-2H3. The molecule has 19 heavy (non-hydrogen) atoms. The van der Waals surface area contributed by atoms with Crippen molar-refractivity contribution in [3.63, 3.8) is 0 Å². The van der Waals surface area contributed by atoms with Crippen LogP contribution in [0.25, 0.3) is 0 Å². The topological polar surface area (TPSA) is 20.3 Å². The molecule has 0 radical (unpaired) electrons. The number of carbonyl (C=O) groups excluding carboxylic acids is 1. The molecule has 2 nitrogen and oxygen atoms in total. The lowest BCUT2D eigenvalue weighted by molar-refractivity contribution is -0.137. The van der Waals surface area contributed by atoms with Crippen LogP contribution in [0.2, 0.25) is 0 Å². The second kappa shape index (κ2) is 4.87. The van der Waals surface area contributed by atoms with E-state index < -0.39 is 11.7 Å². The third-order valence-electron chi connectivity index (χ3n) is 3.51. The summed E-state index contributed by atoms with van der Waals surface area (Å²) in [6, 6.07) is 3.33. The van der Waals surface area contributed by atoms with Gasteiger partial charge in [-0.25, -0.2) is 0 Å². The number of aryl methyl sites for hydroxylation is 1. The van der Waals surface area contributed by atoms with Crippen molar-refractivity contribution in [1.82, 2.24) is 4.90 Å². The first-order valence-corrected chi connectivity index (χ1v) is 6.26. The third-order valence-corrected chi connectivity index (χ3v) is 3.51. The highest BCUT2D eigenvalue weighted by atomic mass is 19.4. The van der Waals surface area contributed by atoms with E-state index in [0.29, 0.717) is 24.6 Å². The molecule has 1 heterocycles. The molecule has 1 amide bonds. The molecule has 1 aliphatic rings. The molecule has 0 bridgehead atoms. The maximum atomic E-state index is 12.7. The highest BCUT2D eigenvalue weighted by Gasteiger charge is 2.32. The summed E-state index contributed by atoms with van der Waals surface area (Å²) in [6.45, 7) is 4.93. The number of alkyl halides is 3. The molecule has 2 rings (SSSR count). The Kier molecular flexibility index (Phi) is 3.56. The number of hydrogen-bond acceptors (Lipinski definition) is 1. The van der Waals surface area contributed by atoms with Gasteiger partial charge in [0.25, 0.3) is 5.91 Å². The minimum atomic E-state index is -4.42. The zero-order valence-electron chi connectivity index (χ0n) is 10.9. The summed E-state index contributed by atoms with van der Waals surface area (Å²) in [6.07, 6.45) is -3.51. The van der Waals surface area contributed by atoms with E-state index in [9.17, 15) is 18.0 Å². The highest BCUT2D eigenvalue weighted by molar-refractivity contribution is 5.96. The summed E-state index contributed by atoms with van der Waals surface area (Å²) < 4.78 is 38.0. The van der Waals surface area contributed by atoms with Gasteiger partial charge in [0.15, 0.2) is 0 Å². The summed E-state index contributed by atoms with van der Waals surface area (Å²) in [4.78, 5) is 13.9. The Morgan fingerprint density at radius 1 is 1.37 bits per heavy atom. The number of halogens is 3. The number of amides is 1.